The molecule has 2 aromatic rings. The van der Waals surface area contributed by atoms with Crippen LogP contribution in [0.25, 0.3) is 6.08 Å². The van der Waals surface area contributed by atoms with Gasteiger partial charge in [-0.3, -0.25) is 4.79 Å². The molecule has 1 amide bonds. The third-order valence-corrected chi connectivity index (χ3v) is 6.24. The molecule has 2 aromatic carbocycles. The number of para-hydroxylation sites is 1. The smallest absolute Gasteiger partial charge is 0.251 e. The molecule has 28 heavy (non-hydrogen) atoms. The maximum Gasteiger partial charge on any atom is 0.251 e. The molecular weight excluding hydrogens is 376 g/mol. The lowest BCUT2D eigenvalue weighted by molar-refractivity contribution is -0.114. The van der Waals surface area contributed by atoms with Gasteiger partial charge in [-0.25, -0.2) is 13.1 Å². The van der Waals surface area contributed by atoms with Crippen molar-refractivity contribution in [3.8, 4) is 5.75 Å². The van der Waals surface area contributed by atoms with E-state index in [0.29, 0.717) is 5.56 Å². The second-order valence-corrected chi connectivity index (χ2v) is 8.37. The summed E-state index contributed by atoms with van der Waals surface area (Å²) in [5.74, 6) is 0.121. The number of fused-ring (bicyclic) bond motifs is 1. The molecule has 0 spiro atoms. The summed E-state index contributed by atoms with van der Waals surface area (Å²) in [4.78, 5) is 14.6. The molecule has 0 aliphatic carbocycles. The molecule has 0 bridgehead atoms. The summed E-state index contributed by atoms with van der Waals surface area (Å²) in [6, 6.07) is 12.7. The molecule has 1 aliphatic heterocycles. The molecule has 0 fully saturated rings. The largest absolute Gasteiger partial charge is 0.495 e. The minimum atomic E-state index is -3.68. The standard InChI is InChI=1S/C21H24N2O4S/c1-4-22-28(25,26)20-14-16(9-11-19(20)27-3)10-12-21(24)23-15(2)13-17-7-5-6-8-18(17)23/h5-12,14-15,22H,4,13H2,1-3H3/b12-10+/t15-/m0/s1. The van der Waals surface area contributed by atoms with E-state index < -0.39 is 10.0 Å². The van der Waals surface area contributed by atoms with E-state index in [9.17, 15) is 13.2 Å². The Bertz CT molecular complexity index is 1010. The van der Waals surface area contributed by atoms with E-state index in [-0.39, 0.29) is 29.1 Å². The highest BCUT2D eigenvalue weighted by atomic mass is 32.2. The number of carbonyl (C=O) groups is 1. The van der Waals surface area contributed by atoms with E-state index in [4.69, 9.17) is 4.74 Å². The molecule has 0 saturated carbocycles. The van der Waals surface area contributed by atoms with Crippen molar-refractivity contribution < 1.29 is 17.9 Å². The second-order valence-electron chi connectivity index (χ2n) is 6.64. The van der Waals surface area contributed by atoms with Crippen LogP contribution >= 0.6 is 0 Å². The monoisotopic (exact) mass is 400 g/mol. The molecule has 0 aromatic heterocycles. The Kier molecular flexibility index (Phi) is 5.86. The van der Waals surface area contributed by atoms with Crippen molar-refractivity contribution in [2.45, 2.75) is 31.2 Å². The summed E-state index contributed by atoms with van der Waals surface area (Å²) in [6.45, 7) is 4.00. The molecule has 0 unspecified atom stereocenters. The quantitative estimate of drug-likeness (QED) is 0.757. The van der Waals surface area contributed by atoms with Crippen LogP contribution < -0.4 is 14.4 Å². The van der Waals surface area contributed by atoms with E-state index in [0.717, 1.165) is 17.7 Å². The van der Waals surface area contributed by atoms with Gasteiger partial charge in [0.25, 0.3) is 5.91 Å². The highest BCUT2D eigenvalue weighted by Crippen LogP contribution is 2.32. The van der Waals surface area contributed by atoms with Gasteiger partial charge in [0.05, 0.1) is 7.11 Å². The van der Waals surface area contributed by atoms with Crippen molar-refractivity contribution in [3.05, 3.63) is 59.7 Å². The highest BCUT2D eigenvalue weighted by Gasteiger charge is 2.29. The summed E-state index contributed by atoms with van der Waals surface area (Å²) < 4.78 is 32.4. The highest BCUT2D eigenvalue weighted by molar-refractivity contribution is 7.89. The topological polar surface area (TPSA) is 75.7 Å². The maximum atomic E-state index is 12.8. The molecular formula is C21H24N2O4S. The van der Waals surface area contributed by atoms with Crippen LogP contribution in [-0.4, -0.2) is 34.0 Å². The van der Waals surface area contributed by atoms with E-state index in [1.807, 2.05) is 31.2 Å². The van der Waals surface area contributed by atoms with Gasteiger partial charge in [0.1, 0.15) is 10.6 Å². The third kappa shape index (κ3) is 3.95. The van der Waals surface area contributed by atoms with E-state index in [2.05, 4.69) is 4.72 Å². The summed E-state index contributed by atoms with van der Waals surface area (Å²) in [5.41, 5.74) is 2.68. The Labute approximate surface area is 165 Å². The lowest BCUT2D eigenvalue weighted by atomic mass is 10.1. The minimum Gasteiger partial charge on any atom is -0.495 e. The summed E-state index contributed by atoms with van der Waals surface area (Å²) >= 11 is 0. The second kappa shape index (κ2) is 8.16. The number of anilines is 1. The van der Waals surface area contributed by atoms with Crippen molar-refractivity contribution in [1.29, 1.82) is 0 Å². The Morgan fingerprint density at radius 3 is 2.75 bits per heavy atom. The van der Waals surface area contributed by atoms with Crippen molar-refractivity contribution in [3.63, 3.8) is 0 Å². The molecule has 3 rings (SSSR count). The third-order valence-electron chi connectivity index (χ3n) is 4.67. The fourth-order valence-corrected chi connectivity index (χ4v) is 4.67. The van der Waals surface area contributed by atoms with E-state index in [1.165, 1.54) is 19.3 Å². The SMILES string of the molecule is CCNS(=O)(=O)c1cc(/C=C/C(=O)N2c3ccccc3C[C@@H]2C)ccc1OC. The van der Waals surface area contributed by atoms with Crippen LogP contribution in [-0.2, 0) is 21.2 Å². The number of benzene rings is 2. The Hall–Kier alpha value is -2.64. The molecule has 148 valence electrons. The summed E-state index contributed by atoms with van der Waals surface area (Å²) in [6.07, 6.45) is 3.92. The van der Waals surface area contributed by atoms with Gasteiger partial charge in [-0.2, -0.15) is 0 Å². The zero-order chi connectivity index (χ0) is 20.3. The summed E-state index contributed by atoms with van der Waals surface area (Å²) in [7, 11) is -2.26. The number of methoxy groups -OCH3 is 1. The van der Waals surface area contributed by atoms with Gasteiger partial charge < -0.3 is 9.64 Å². The van der Waals surface area contributed by atoms with Gasteiger partial charge >= 0.3 is 0 Å². The number of nitrogens with zero attached hydrogens (tertiary/aromatic N) is 1. The van der Waals surface area contributed by atoms with Crippen LogP contribution in [0.2, 0.25) is 0 Å². The number of rotatable bonds is 6. The van der Waals surface area contributed by atoms with Crippen molar-refractivity contribution >= 4 is 27.7 Å². The molecule has 1 N–H and O–H groups in total. The van der Waals surface area contributed by atoms with Crippen LogP contribution in [0.5, 0.6) is 5.75 Å². The number of carbonyl (C=O) groups excluding carboxylic acids is 1. The van der Waals surface area contributed by atoms with Gasteiger partial charge in [-0.15, -0.1) is 0 Å². The van der Waals surface area contributed by atoms with Gasteiger partial charge in [0.15, 0.2) is 0 Å². The Morgan fingerprint density at radius 1 is 1.29 bits per heavy atom. The van der Waals surface area contributed by atoms with Crippen LogP contribution in [0, 0.1) is 0 Å². The first kappa shape index (κ1) is 20.1. The lowest BCUT2D eigenvalue weighted by Gasteiger charge is -2.21. The summed E-state index contributed by atoms with van der Waals surface area (Å²) in [5, 5.41) is 0. The average Bonchev–Trinajstić information content (AvgIpc) is 3.01. The molecule has 7 heteroatoms. The number of sulfonamides is 1. The number of nitrogens with one attached hydrogen (secondary N) is 1. The fourth-order valence-electron chi connectivity index (χ4n) is 3.42. The molecule has 1 heterocycles. The molecule has 0 radical (unpaired) electrons. The normalized spacial score (nSPS) is 16.4. The number of amides is 1. The van der Waals surface area contributed by atoms with E-state index >= 15 is 0 Å². The van der Waals surface area contributed by atoms with Gasteiger partial charge in [0, 0.05) is 24.4 Å². The van der Waals surface area contributed by atoms with Crippen molar-refractivity contribution in [2.75, 3.05) is 18.6 Å². The van der Waals surface area contributed by atoms with Crippen LogP contribution in [0.4, 0.5) is 5.69 Å². The van der Waals surface area contributed by atoms with Gasteiger partial charge in [-0.1, -0.05) is 31.2 Å². The fraction of sp³-hybridized carbons (Fsp3) is 0.286. The minimum absolute atomic E-state index is 0.0475. The van der Waals surface area contributed by atoms with Crippen molar-refractivity contribution in [1.82, 2.24) is 4.72 Å². The average molecular weight is 401 g/mol. The Morgan fingerprint density at radius 2 is 2.04 bits per heavy atom. The van der Waals surface area contributed by atoms with E-state index in [1.54, 1.807) is 30.0 Å². The van der Waals surface area contributed by atoms with Gasteiger partial charge in [-0.05, 0) is 48.7 Å². The molecule has 0 saturated heterocycles. The van der Waals surface area contributed by atoms with Gasteiger partial charge in [0.2, 0.25) is 10.0 Å². The predicted molar refractivity (Wildman–Crippen MR) is 110 cm³/mol. The first-order chi connectivity index (χ1) is 13.4. The number of ether oxygens (including phenoxy) is 1. The van der Waals surface area contributed by atoms with Crippen LogP contribution in [0.3, 0.4) is 0 Å². The zero-order valence-electron chi connectivity index (χ0n) is 16.2. The zero-order valence-corrected chi connectivity index (χ0v) is 17.0. The number of hydrogen-bond acceptors (Lipinski definition) is 4. The first-order valence-electron chi connectivity index (χ1n) is 9.14. The van der Waals surface area contributed by atoms with Crippen LogP contribution in [0.1, 0.15) is 25.0 Å². The number of hydrogen-bond donors (Lipinski definition) is 1. The predicted octanol–water partition coefficient (Wildman–Crippen LogP) is 2.98. The van der Waals surface area contributed by atoms with Crippen LogP contribution in [0.15, 0.2) is 53.4 Å². The van der Waals surface area contributed by atoms with Crippen molar-refractivity contribution in [2.24, 2.45) is 0 Å². The lowest BCUT2D eigenvalue weighted by Crippen LogP contribution is -2.34. The molecule has 6 nitrogen and oxygen atoms in total. The molecule has 1 aliphatic rings. The first-order valence-corrected chi connectivity index (χ1v) is 10.6. The molecule has 1 atom stereocenters. The maximum absolute atomic E-state index is 12.8. The Balaban J connectivity index is 1.88.